The molecule has 168 valence electrons. The van der Waals surface area contributed by atoms with E-state index in [2.05, 4.69) is 61.9 Å². The summed E-state index contributed by atoms with van der Waals surface area (Å²) in [5, 5.41) is 8.33. The molecule has 1 aromatic rings. The number of aryl methyl sites for hydroxylation is 3. The van der Waals surface area contributed by atoms with Crippen LogP contribution in [-0.2, 0) is 6.42 Å². The maximum atomic E-state index is 4.18. The van der Waals surface area contributed by atoms with Gasteiger partial charge in [-0.2, -0.15) is 10.2 Å². The Morgan fingerprint density at radius 2 is 1.25 bits per heavy atom. The van der Waals surface area contributed by atoms with Gasteiger partial charge in [-0.3, -0.25) is 0 Å². The molecule has 0 aromatic heterocycles. The van der Waals surface area contributed by atoms with Crippen molar-refractivity contribution in [2.45, 2.75) is 111 Å². The molecular formula is C26H54N2. The summed E-state index contributed by atoms with van der Waals surface area (Å²) in [4.78, 5) is 0. The molecule has 0 saturated heterocycles. The van der Waals surface area contributed by atoms with Crippen molar-refractivity contribution in [1.82, 2.24) is 0 Å². The second-order valence-electron chi connectivity index (χ2n) is 5.84. The van der Waals surface area contributed by atoms with Gasteiger partial charge >= 0.3 is 0 Å². The van der Waals surface area contributed by atoms with E-state index in [1.807, 2.05) is 0 Å². The average molecular weight is 395 g/mol. The van der Waals surface area contributed by atoms with Crippen molar-refractivity contribution in [1.29, 1.82) is 0 Å². The third kappa shape index (κ3) is 16.5. The lowest BCUT2D eigenvalue weighted by Gasteiger charge is -2.07. The van der Waals surface area contributed by atoms with Gasteiger partial charge in [-0.15, -0.1) is 0 Å². The Kier molecular flexibility index (Phi) is 37.1. The summed E-state index contributed by atoms with van der Waals surface area (Å²) < 4.78 is 0. The fraction of sp³-hybridized carbons (Fsp3) is 0.692. The van der Waals surface area contributed by atoms with Crippen molar-refractivity contribution in [3.05, 3.63) is 34.4 Å². The number of azo groups is 1. The largest absolute Gasteiger partial charge is 0.194 e. The van der Waals surface area contributed by atoms with E-state index >= 15 is 0 Å². The zero-order valence-corrected chi connectivity index (χ0v) is 14.7. The molecule has 0 unspecified atom stereocenters. The highest BCUT2D eigenvalue weighted by Gasteiger charge is 2.02. The monoisotopic (exact) mass is 394 g/mol. The van der Waals surface area contributed by atoms with Crippen molar-refractivity contribution >= 4 is 0 Å². The van der Waals surface area contributed by atoms with Crippen LogP contribution in [0.4, 0.5) is 0 Å². The van der Waals surface area contributed by atoms with Crippen LogP contribution < -0.4 is 0 Å². The highest BCUT2D eigenvalue weighted by molar-refractivity contribution is 5.48. The Hall–Kier alpha value is -1.62. The van der Waals surface area contributed by atoms with E-state index < -0.39 is 0 Å². The van der Waals surface area contributed by atoms with E-state index in [4.69, 9.17) is 0 Å². The zero-order valence-electron chi connectivity index (χ0n) is 14.7. The molecule has 0 fully saturated rings. The van der Waals surface area contributed by atoms with Crippen molar-refractivity contribution in [3.63, 3.8) is 0 Å². The minimum Gasteiger partial charge on any atom is -0.194 e. The molecular weight excluding hydrogens is 340 g/mol. The highest BCUT2D eigenvalue weighted by Crippen LogP contribution is 2.17. The van der Waals surface area contributed by atoms with Gasteiger partial charge in [0, 0.05) is 12.0 Å². The molecule has 0 aliphatic heterocycles. The lowest BCUT2D eigenvalue weighted by molar-refractivity contribution is 0.735. The summed E-state index contributed by atoms with van der Waals surface area (Å²) in [6.07, 6.45) is 6.54. The number of hydrogen-bond acceptors (Lipinski definition) is 2. The molecule has 28 heavy (non-hydrogen) atoms. The second-order valence-corrected chi connectivity index (χ2v) is 5.84. The molecule has 0 spiro atoms. The fourth-order valence-corrected chi connectivity index (χ4v) is 2.44. The lowest BCUT2D eigenvalue weighted by Crippen LogP contribution is -1.93. The van der Waals surface area contributed by atoms with Gasteiger partial charge < -0.3 is 0 Å². The first-order valence-corrected chi connectivity index (χ1v) is 8.61. The fourth-order valence-electron chi connectivity index (χ4n) is 2.44. The Morgan fingerprint density at radius 1 is 0.750 bits per heavy atom. The molecule has 0 aliphatic carbocycles. The summed E-state index contributed by atoms with van der Waals surface area (Å²) in [5.74, 6) is 6.62. The van der Waals surface area contributed by atoms with Crippen molar-refractivity contribution in [3.8, 4) is 11.8 Å². The van der Waals surface area contributed by atoms with E-state index in [1.165, 1.54) is 35.1 Å². The van der Waals surface area contributed by atoms with E-state index in [9.17, 15) is 0 Å². The molecule has 0 saturated carbocycles. The number of benzene rings is 1. The van der Waals surface area contributed by atoms with Crippen LogP contribution in [0.2, 0.25) is 0 Å². The number of unbranched alkanes of at least 4 members (excludes halogenated alkanes) is 2. The summed E-state index contributed by atoms with van der Waals surface area (Å²) in [5.41, 5.74) is 5.23. The molecule has 0 heterocycles. The minimum absolute atomic E-state index is 0. The maximum Gasteiger partial charge on any atom is 0.0607 e. The van der Waals surface area contributed by atoms with Crippen LogP contribution in [0.5, 0.6) is 0 Å². The quantitative estimate of drug-likeness (QED) is 0.238. The zero-order chi connectivity index (χ0) is 16.2. The normalized spacial score (nSPS) is 8.43. The molecule has 0 aliphatic rings. The van der Waals surface area contributed by atoms with E-state index in [-0.39, 0.29) is 44.6 Å². The first kappa shape index (κ1) is 40.9. The van der Waals surface area contributed by atoms with Gasteiger partial charge in [-0.1, -0.05) is 95.2 Å². The Morgan fingerprint density at radius 3 is 1.71 bits per heavy atom. The molecule has 0 amide bonds. The average Bonchev–Trinajstić information content (AvgIpc) is 2.48. The van der Waals surface area contributed by atoms with Crippen molar-refractivity contribution in [2.24, 2.45) is 10.2 Å². The van der Waals surface area contributed by atoms with Gasteiger partial charge in [-0.05, 0) is 49.8 Å². The summed E-state index contributed by atoms with van der Waals surface area (Å²) in [6.45, 7) is 10.4. The Balaban J connectivity index is -0.000000202. The molecule has 0 atom stereocenters. The number of rotatable bonds is 8. The van der Waals surface area contributed by atoms with Gasteiger partial charge in [0.05, 0.1) is 13.1 Å². The van der Waals surface area contributed by atoms with E-state index in [0.29, 0.717) is 0 Å². The van der Waals surface area contributed by atoms with Crippen LogP contribution in [0.3, 0.4) is 0 Å². The van der Waals surface area contributed by atoms with Crippen LogP contribution in [0, 0.1) is 25.7 Å². The van der Waals surface area contributed by atoms with Crippen LogP contribution >= 0.6 is 0 Å². The predicted octanol–water partition coefficient (Wildman–Crippen LogP) is 9.46. The van der Waals surface area contributed by atoms with Crippen LogP contribution in [0.15, 0.2) is 22.4 Å². The topological polar surface area (TPSA) is 24.7 Å². The van der Waals surface area contributed by atoms with Gasteiger partial charge in [0.25, 0.3) is 0 Å². The summed E-state index contributed by atoms with van der Waals surface area (Å²) in [6, 6.07) is 4.56. The van der Waals surface area contributed by atoms with Crippen LogP contribution in [0.25, 0.3) is 0 Å². The summed E-state index contributed by atoms with van der Waals surface area (Å²) in [7, 11) is 0. The number of hydrogen-bond donors (Lipinski definition) is 0. The SMILES string of the molecule is C.C.C.C.C.C.CCCCN=NCCCC#Cc1c(C)cc(CCC)cc1C. The Labute approximate surface area is 180 Å². The molecule has 0 bridgehead atoms. The number of nitrogens with zero attached hydrogens (tertiary/aromatic N) is 2. The smallest absolute Gasteiger partial charge is 0.0607 e. The lowest BCUT2D eigenvalue weighted by atomic mass is 9.97. The van der Waals surface area contributed by atoms with Crippen molar-refractivity contribution in [2.75, 3.05) is 13.1 Å². The standard InChI is InChI=1S/C20H30N2.6CH4/c1-5-7-13-21-22-14-10-8-9-12-20-17(3)15-19(11-6-2)16-18(20)4;;;;;;/h15-16H,5-8,10-11,13-14H2,1-4H3;6*1H4. The van der Waals surface area contributed by atoms with Gasteiger partial charge in [0.2, 0.25) is 0 Å². The molecule has 2 heteroatoms. The van der Waals surface area contributed by atoms with Crippen LogP contribution in [-0.4, -0.2) is 13.1 Å². The maximum absolute atomic E-state index is 4.18. The van der Waals surface area contributed by atoms with Gasteiger partial charge in [0.1, 0.15) is 0 Å². The van der Waals surface area contributed by atoms with Crippen LogP contribution in [0.1, 0.15) is 113 Å². The Bertz CT molecular complexity index is 510. The first-order valence-electron chi connectivity index (χ1n) is 8.61. The molecule has 2 nitrogen and oxygen atoms in total. The van der Waals surface area contributed by atoms with E-state index in [1.54, 1.807) is 0 Å². The molecule has 0 N–H and O–H groups in total. The van der Waals surface area contributed by atoms with Gasteiger partial charge in [-0.25, -0.2) is 0 Å². The first-order chi connectivity index (χ1) is 10.7. The van der Waals surface area contributed by atoms with E-state index in [0.717, 1.165) is 38.8 Å². The third-order valence-electron chi connectivity index (χ3n) is 3.62. The molecule has 1 aromatic carbocycles. The minimum atomic E-state index is 0. The second kappa shape index (κ2) is 25.4. The third-order valence-corrected chi connectivity index (χ3v) is 3.62. The van der Waals surface area contributed by atoms with Gasteiger partial charge in [0.15, 0.2) is 0 Å². The predicted molar refractivity (Wildman–Crippen MR) is 136 cm³/mol. The highest BCUT2D eigenvalue weighted by atomic mass is 15.1. The van der Waals surface area contributed by atoms with Crippen molar-refractivity contribution < 1.29 is 0 Å². The summed E-state index contributed by atoms with van der Waals surface area (Å²) >= 11 is 0. The molecule has 1 rings (SSSR count). The molecule has 0 radical (unpaired) electrons.